The largest absolute Gasteiger partial charge is 0.391 e. The fourth-order valence-corrected chi connectivity index (χ4v) is 2.79. The van der Waals surface area contributed by atoms with Crippen LogP contribution in [0.1, 0.15) is 17.0 Å². The van der Waals surface area contributed by atoms with Crippen LogP contribution in [0.4, 0.5) is 5.82 Å². The third kappa shape index (κ3) is 3.18. The van der Waals surface area contributed by atoms with Gasteiger partial charge in [0.2, 0.25) is 0 Å². The lowest BCUT2D eigenvalue weighted by Crippen LogP contribution is -2.36. The van der Waals surface area contributed by atoms with Crippen LogP contribution in [0.2, 0.25) is 0 Å². The summed E-state index contributed by atoms with van der Waals surface area (Å²) < 4.78 is 27.8. The topological polar surface area (TPSA) is 123 Å². The molecule has 0 radical (unpaired) electrons. The molecule has 0 atom stereocenters. The molecule has 0 spiro atoms. The van der Waals surface area contributed by atoms with E-state index in [4.69, 9.17) is 10.6 Å². The monoisotopic (exact) mass is 346 g/mol. The number of fused-ring (bicyclic) bond motifs is 1. The third-order valence-electron chi connectivity index (χ3n) is 3.21. The quantitative estimate of drug-likeness (QED) is 0.632. The van der Waals surface area contributed by atoms with Gasteiger partial charge in [-0.2, -0.15) is 8.42 Å². The molecule has 0 amide bonds. The molecule has 1 aromatic heterocycles. The fraction of sp³-hybridized carbons (Fsp3) is 0.143. The molecule has 24 heavy (non-hydrogen) atoms. The molecule has 0 saturated heterocycles. The van der Waals surface area contributed by atoms with Crippen LogP contribution in [0.3, 0.4) is 0 Å². The summed E-state index contributed by atoms with van der Waals surface area (Å²) in [5.41, 5.74) is 7.18. The van der Waals surface area contributed by atoms with Gasteiger partial charge in [-0.25, -0.2) is 14.3 Å². The lowest BCUT2D eigenvalue weighted by atomic mass is 10.2. The van der Waals surface area contributed by atoms with Crippen molar-refractivity contribution in [2.75, 3.05) is 11.4 Å². The highest BCUT2D eigenvalue weighted by molar-refractivity contribution is 7.91. The van der Waals surface area contributed by atoms with Gasteiger partial charge in [-0.05, 0) is 5.56 Å². The molecule has 2 aromatic rings. The van der Waals surface area contributed by atoms with E-state index in [-0.39, 0.29) is 17.3 Å². The van der Waals surface area contributed by atoms with Gasteiger partial charge < -0.3 is 10.6 Å². The normalized spacial score (nSPS) is 15.9. The van der Waals surface area contributed by atoms with Crippen molar-refractivity contribution >= 4 is 28.1 Å². The molecule has 3 rings (SSSR count). The highest BCUT2D eigenvalue weighted by Gasteiger charge is 2.29. The van der Waals surface area contributed by atoms with Crippen LogP contribution in [0, 0.1) is 0 Å². The molecular formula is C14H14N6O3S. The standard InChI is InChI=1S/C14H14N6O3S/c1-20-14-12(13(15)19-24(20,21)22)18-11(7-16-14)8-17-23-9-10-5-3-2-4-6-10/h2-8H,9H2,1H3,(H2,15,19)/b17-8+. The van der Waals surface area contributed by atoms with E-state index in [1.165, 1.54) is 19.5 Å². The lowest BCUT2D eigenvalue weighted by molar-refractivity contribution is 0.132. The van der Waals surface area contributed by atoms with Crippen LogP contribution in [-0.4, -0.2) is 37.5 Å². The van der Waals surface area contributed by atoms with E-state index >= 15 is 0 Å². The molecule has 9 nitrogen and oxygen atoms in total. The number of oxime groups is 1. The minimum Gasteiger partial charge on any atom is -0.391 e. The smallest absolute Gasteiger partial charge is 0.347 e. The van der Waals surface area contributed by atoms with Crippen molar-refractivity contribution in [1.82, 2.24) is 9.97 Å². The summed E-state index contributed by atoms with van der Waals surface area (Å²) in [4.78, 5) is 13.4. The number of hydrogen-bond donors (Lipinski definition) is 1. The predicted molar refractivity (Wildman–Crippen MR) is 88.9 cm³/mol. The number of hydrogen-bond acceptors (Lipinski definition) is 7. The Morgan fingerprint density at radius 2 is 2.08 bits per heavy atom. The van der Waals surface area contributed by atoms with Crippen LogP contribution in [0.25, 0.3) is 0 Å². The van der Waals surface area contributed by atoms with Gasteiger partial charge in [0.05, 0.1) is 12.4 Å². The highest BCUT2D eigenvalue weighted by atomic mass is 32.2. The second-order valence-electron chi connectivity index (χ2n) is 4.88. The Morgan fingerprint density at radius 1 is 1.33 bits per heavy atom. The van der Waals surface area contributed by atoms with Gasteiger partial charge in [-0.3, -0.25) is 0 Å². The molecule has 1 aliphatic rings. The Hall–Kier alpha value is -3.01. The summed E-state index contributed by atoms with van der Waals surface area (Å²) in [6.07, 6.45) is 2.74. The van der Waals surface area contributed by atoms with Crippen molar-refractivity contribution in [3.63, 3.8) is 0 Å². The zero-order valence-corrected chi connectivity index (χ0v) is 13.5. The van der Waals surface area contributed by atoms with Gasteiger partial charge >= 0.3 is 10.2 Å². The molecule has 0 aliphatic carbocycles. The first-order chi connectivity index (χ1) is 11.5. The predicted octanol–water partition coefficient (Wildman–Crippen LogP) is 0.427. The molecular weight excluding hydrogens is 332 g/mol. The van der Waals surface area contributed by atoms with E-state index in [1.54, 1.807) is 0 Å². The van der Waals surface area contributed by atoms with Crippen molar-refractivity contribution in [3.8, 4) is 0 Å². The number of benzene rings is 1. The summed E-state index contributed by atoms with van der Waals surface area (Å²) >= 11 is 0. The maximum absolute atomic E-state index is 11.7. The molecule has 0 unspecified atom stereocenters. The van der Waals surface area contributed by atoms with E-state index in [0.717, 1.165) is 9.87 Å². The fourth-order valence-electron chi connectivity index (χ4n) is 1.98. The van der Waals surface area contributed by atoms with Gasteiger partial charge in [0.1, 0.15) is 12.3 Å². The second-order valence-corrected chi connectivity index (χ2v) is 6.51. The summed E-state index contributed by atoms with van der Waals surface area (Å²) in [6.45, 7) is 0.320. The third-order valence-corrected chi connectivity index (χ3v) is 4.50. The average molecular weight is 346 g/mol. The van der Waals surface area contributed by atoms with Crippen LogP contribution in [0.15, 0.2) is 46.1 Å². The number of amidine groups is 1. The maximum Gasteiger partial charge on any atom is 0.347 e. The maximum atomic E-state index is 11.7. The number of nitrogens with zero attached hydrogens (tertiary/aromatic N) is 5. The Morgan fingerprint density at radius 3 is 2.83 bits per heavy atom. The van der Waals surface area contributed by atoms with Crippen LogP contribution in [0.5, 0.6) is 0 Å². The summed E-state index contributed by atoms with van der Waals surface area (Å²) in [5, 5.41) is 3.82. The molecule has 2 heterocycles. The van der Waals surface area contributed by atoms with Gasteiger partial charge in [0, 0.05) is 7.05 Å². The Labute approximate surface area is 138 Å². The minimum absolute atomic E-state index is 0.116. The van der Waals surface area contributed by atoms with Crippen molar-refractivity contribution in [1.29, 1.82) is 0 Å². The number of aromatic nitrogens is 2. The average Bonchev–Trinajstić information content (AvgIpc) is 2.57. The summed E-state index contributed by atoms with van der Waals surface area (Å²) in [5.74, 6) is -0.0964. The Bertz CT molecular complexity index is 911. The molecule has 0 fully saturated rings. The van der Waals surface area contributed by atoms with Crippen molar-refractivity contribution in [2.24, 2.45) is 15.3 Å². The second kappa shape index (κ2) is 6.24. The first-order valence-corrected chi connectivity index (χ1v) is 8.28. The Kier molecular flexibility index (Phi) is 4.13. The first kappa shape index (κ1) is 15.9. The van der Waals surface area contributed by atoms with Crippen LogP contribution in [-0.2, 0) is 21.7 Å². The number of nitrogens with two attached hydrogens (primary N) is 1. The molecule has 1 aromatic carbocycles. The van der Waals surface area contributed by atoms with Crippen LogP contribution < -0.4 is 10.0 Å². The van der Waals surface area contributed by atoms with Gasteiger partial charge in [0.25, 0.3) is 0 Å². The van der Waals surface area contributed by atoms with E-state index in [0.29, 0.717) is 12.3 Å². The zero-order valence-electron chi connectivity index (χ0n) is 12.7. The van der Waals surface area contributed by atoms with Crippen molar-refractivity contribution in [2.45, 2.75) is 6.61 Å². The van der Waals surface area contributed by atoms with E-state index in [9.17, 15) is 8.42 Å². The Balaban J connectivity index is 1.75. The molecule has 124 valence electrons. The number of anilines is 1. The van der Waals surface area contributed by atoms with E-state index < -0.39 is 10.2 Å². The van der Waals surface area contributed by atoms with Gasteiger partial charge in [-0.15, -0.1) is 4.40 Å². The highest BCUT2D eigenvalue weighted by Crippen LogP contribution is 2.22. The lowest BCUT2D eigenvalue weighted by Gasteiger charge is -2.21. The van der Waals surface area contributed by atoms with Crippen molar-refractivity contribution < 1.29 is 13.3 Å². The minimum atomic E-state index is -3.85. The molecule has 1 aliphatic heterocycles. The van der Waals surface area contributed by atoms with Gasteiger partial charge in [-0.1, -0.05) is 35.5 Å². The summed E-state index contributed by atoms with van der Waals surface area (Å²) in [6, 6.07) is 9.57. The SMILES string of the molecule is CN1c2ncc(/C=N/OCc3ccccc3)nc2C(N)=NS1(=O)=O. The summed E-state index contributed by atoms with van der Waals surface area (Å²) in [7, 11) is -2.52. The molecule has 0 saturated carbocycles. The van der Waals surface area contributed by atoms with Crippen molar-refractivity contribution in [3.05, 3.63) is 53.5 Å². The van der Waals surface area contributed by atoms with E-state index in [2.05, 4.69) is 19.5 Å². The van der Waals surface area contributed by atoms with E-state index in [1.807, 2.05) is 30.3 Å². The molecule has 0 bridgehead atoms. The number of rotatable bonds is 4. The van der Waals surface area contributed by atoms with Crippen LogP contribution >= 0.6 is 0 Å². The first-order valence-electron chi connectivity index (χ1n) is 6.88. The zero-order chi connectivity index (χ0) is 17.2. The molecule has 2 N–H and O–H groups in total. The molecule has 10 heteroatoms. The van der Waals surface area contributed by atoms with Gasteiger partial charge in [0.15, 0.2) is 17.3 Å².